The van der Waals surface area contributed by atoms with Gasteiger partial charge in [-0.2, -0.15) is 0 Å². The van der Waals surface area contributed by atoms with E-state index < -0.39 is 0 Å². The molecule has 4 heteroatoms. The van der Waals surface area contributed by atoms with Crippen molar-refractivity contribution in [1.82, 2.24) is 5.32 Å². The van der Waals surface area contributed by atoms with Crippen LogP contribution in [0, 0.1) is 0 Å². The van der Waals surface area contributed by atoms with Gasteiger partial charge >= 0.3 is 0 Å². The quantitative estimate of drug-likeness (QED) is 0.916. The van der Waals surface area contributed by atoms with Gasteiger partial charge in [-0.05, 0) is 24.6 Å². The second-order valence-electron chi connectivity index (χ2n) is 4.78. The minimum atomic E-state index is 0.253. The molecule has 1 aliphatic heterocycles. The molecule has 0 unspecified atom stereocenters. The van der Waals surface area contributed by atoms with Gasteiger partial charge in [0.2, 0.25) is 6.79 Å². The molecule has 0 saturated carbocycles. The van der Waals surface area contributed by atoms with Crippen LogP contribution >= 0.6 is 15.9 Å². The average Bonchev–Trinajstić information content (AvgIpc) is 2.94. The van der Waals surface area contributed by atoms with E-state index in [-0.39, 0.29) is 6.04 Å². The third kappa shape index (κ3) is 2.67. The van der Waals surface area contributed by atoms with Gasteiger partial charge in [0.1, 0.15) is 0 Å². The van der Waals surface area contributed by atoms with E-state index in [0.717, 1.165) is 28.1 Å². The Hall–Kier alpha value is -1.52. The van der Waals surface area contributed by atoms with Crippen molar-refractivity contribution in [1.29, 1.82) is 0 Å². The molecule has 104 valence electrons. The van der Waals surface area contributed by atoms with E-state index >= 15 is 0 Å². The molecular weight excluding hydrogens is 318 g/mol. The van der Waals surface area contributed by atoms with Crippen LogP contribution in [-0.4, -0.2) is 6.79 Å². The number of ether oxygens (including phenoxy) is 2. The van der Waals surface area contributed by atoms with Gasteiger partial charge in [0.05, 0.1) is 0 Å². The molecule has 0 saturated heterocycles. The summed E-state index contributed by atoms with van der Waals surface area (Å²) in [6, 6.07) is 14.5. The predicted molar refractivity (Wildman–Crippen MR) is 82.0 cm³/mol. The fourth-order valence-electron chi connectivity index (χ4n) is 2.33. The lowest BCUT2D eigenvalue weighted by atomic mass is 10.1. The maximum absolute atomic E-state index is 5.52. The van der Waals surface area contributed by atoms with Gasteiger partial charge < -0.3 is 14.8 Å². The number of hydrogen-bond donors (Lipinski definition) is 1. The van der Waals surface area contributed by atoms with Crippen molar-refractivity contribution < 1.29 is 9.47 Å². The molecule has 0 bridgehead atoms. The fraction of sp³-hybridized carbons (Fsp3) is 0.250. The highest BCUT2D eigenvalue weighted by atomic mass is 79.9. The number of halogens is 1. The Balaban J connectivity index is 1.71. The molecule has 0 radical (unpaired) electrons. The van der Waals surface area contributed by atoms with Gasteiger partial charge in [0.25, 0.3) is 0 Å². The predicted octanol–water partition coefficient (Wildman–Crippen LogP) is 4.03. The van der Waals surface area contributed by atoms with Crippen LogP contribution in [0.25, 0.3) is 0 Å². The zero-order chi connectivity index (χ0) is 13.9. The second kappa shape index (κ2) is 5.85. The smallest absolute Gasteiger partial charge is 0.231 e. The topological polar surface area (TPSA) is 30.5 Å². The molecular formula is C16H16BrNO2. The zero-order valence-electron chi connectivity index (χ0n) is 11.2. The molecule has 0 amide bonds. The lowest BCUT2D eigenvalue weighted by molar-refractivity contribution is 0.173. The highest BCUT2D eigenvalue weighted by Crippen LogP contribution is 2.35. The van der Waals surface area contributed by atoms with E-state index in [2.05, 4.69) is 52.4 Å². The van der Waals surface area contributed by atoms with E-state index in [1.807, 2.05) is 18.2 Å². The third-order valence-electron chi connectivity index (χ3n) is 3.45. The van der Waals surface area contributed by atoms with Crippen LogP contribution in [0.5, 0.6) is 11.5 Å². The Kier molecular flexibility index (Phi) is 3.94. The Morgan fingerprint density at radius 3 is 2.85 bits per heavy atom. The Morgan fingerprint density at radius 1 is 1.15 bits per heavy atom. The van der Waals surface area contributed by atoms with Crippen LogP contribution in [-0.2, 0) is 6.54 Å². The first-order chi connectivity index (χ1) is 9.75. The van der Waals surface area contributed by atoms with Crippen molar-refractivity contribution in [3.05, 3.63) is 58.1 Å². The summed E-state index contributed by atoms with van der Waals surface area (Å²) in [5, 5.41) is 3.52. The van der Waals surface area contributed by atoms with Crippen LogP contribution in [0.15, 0.2) is 46.9 Å². The lowest BCUT2D eigenvalue weighted by Gasteiger charge is -2.16. The summed E-state index contributed by atoms with van der Waals surface area (Å²) >= 11 is 3.59. The first-order valence-electron chi connectivity index (χ1n) is 6.61. The first-order valence-corrected chi connectivity index (χ1v) is 7.40. The van der Waals surface area contributed by atoms with Crippen molar-refractivity contribution in [3.63, 3.8) is 0 Å². The third-order valence-corrected chi connectivity index (χ3v) is 4.17. The Morgan fingerprint density at radius 2 is 2.00 bits per heavy atom. The highest BCUT2D eigenvalue weighted by Gasteiger charge is 2.17. The maximum Gasteiger partial charge on any atom is 0.231 e. The summed E-state index contributed by atoms with van der Waals surface area (Å²) in [6.07, 6.45) is 0. The molecule has 2 aromatic carbocycles. The summed E-state index contributed by atoms with van der Waals surface area (Å²) in [5.41, 5.74) is 2.37. The van der Waals surface area contributed by atoms with Gasteiger partial charge in [0, 0.05) is 22.6 Å². The largest absolute Gasteiger partial charge is 0.454 e. The molecule has 0 fully saturated rings. The number of hydrogen-bond acceptors (Lipinski definition) is 3. The van der Waals surface area contributed by atoms with E-state index in [4.69, 9.17) is 9.47 Å². The molecule has 3 nitrogen and oxygen atoms in total. The summed E-state index contributed by atoms with van der Waals surface area (Å²) in [7, 11) is 0. The van der Waals surface area contributed by atoms with Crippen LogP contribution in [0.3, 0.4) is 0 Å². The monoisotopic (exact) mass is 333 g/mol. The van der Waals surface area contributed by atoms with Gasteiger partial charge in [-0.3, -0.25) is 0 Å². The van der Waals surface area contributed by atoms with Gasteiger partial charge in [0.15, 0.2) is 11.5 Å². The van der Waals surface area contributed by atoms with E-state index in [9.17, 15) is 0 Å². The molecule has 1 N–H and O–H groups in total. The molecule has 2 aromatic rings. The number of benzene rings is 2. The number of rotatable bonds is 4. The molecule has 0 aromatic heterocycles. The van der Waals surface area contributed by atoms with Crippen molar-refractivity contribution in [3.8, 4) is 11.5 Å². The van der Waals surface area contributed by atoms with Gasteiger partial charge in [-0.1, -0.05) is 46.3 Å². The minimum absolute atomic E-state index is 0.253. The molecule has 1 atom stereocenters. The molecule has 3 rings (SSSR count). The zero-order valence-corrected chi connectivity index (χ0v) is 12.8. The second-order valence-corrected chi connectivity index (χ2v) is 5.63. The lowest BCUT2D eigenvalue weighted by Crippen LogP contribution is -2.18. The van der Waals surface area contributed by atoms with Crippen molar-refractivity contribution in [2.45, 2.75) is 19.5 Å². The summed E-state index contributed by atoms with van der Waals surface area (Å²) in [6.45, 7) is 3.21. The number of para-hydroxylation sites is 1. The van der Waals surface area contributed by atoms with E-state index in [0.29, 0.717) is 6.79 Å². The van der Waals surface area contributed by atoms with Crippen molar-refractivity contribution in [2.75, 3.05) is 6.79 Å². The summed E-state index contributed by atoms with van der Waals surface area (Å²) in [5.74, 6) is 1.69. The Labute approximate surface area is 127 Å². The van der Waals surface area contributed by atoms with Gasteiger partial charge in [-0.15, -0.1) is 0 Å². The summed E-state index contributed by atoms with van der Waals surface area (Å²) in [4.78, 5) is 0. The maximum atomic E-state index is 5.52. The number of fused-ring (bicyclic) bond motifs is 1. The normalized spacial score (nSPS) is 14.3. The van der Waals surface area contributed by atoms with E-state index in [1.54, 1.807) is 0 Å². The Bertz CT molecular complexity index is 615. The first kappa shape index (κ1) is 13.5. The van der Waals surface area contributed by atoms with E-state index in [1.165, 1.54) is 5.56 Å². The standard InChI is InChI=1S/C16H16BrNO2/c1-11(13-6-2-3-7-14(13)17)18-9-12-5-4-8-15-16(12)20-10-19-15/h2-8,11,18H,9-10H2,1H3/t11-/m1/s1. The molecule has 20 heavy (non-hydrogen) atoms. The number of nitrogens with one attached hydrogen (secondary N) is 1. The highest BCUT2D eigenvalue weighted by molar-refractivity contribution is 9.10. The molecule has 0 aliphatic carbocycles. The fourth-order valence-corrected chi connectivity index (χ4v) is 2.96. The van der Waals surface area contributed by atoms with Gasteiger partial charge in [-0.25, -0.2) is 0 Å². The van der Waals surface area contributed by atoms with Crippen LogP contribution in [0.1, 0.15) is 24.1 Å². The summed E-state index contributed by atoms with van der Waals surface area (Å²) < 4.78 is 12.0. The van der Waals surface area contributed by atoms with Crippen molar-refractivity contribution >= 4 is 15.9 Å². The molecule has 1 aliphatic rings. The van der Waals surface area contributed by atoms with Crippen molar-refractivity contribution in [2.24, 2.45) is 0 Å². The SMILES string of the molecule is C[C@@H](NCc1cccc2c1OCO2)c1ccccc1Br. The van der Waals surface area contributed by atoms with Crippen LogP contribution in [0.2, 0.25) is 0 Å². The van der Waals surface area contributed by atoms with Crippen LogP contribution in [0.4, 0.5) is 0 Å². The van der Waals surface area contributed by atoms with Crippen LogP contribution < -0.4 is 14.8 Å². The molecule has 0 spiro atoms. The average molecular weight is 334 g/mol. The molecule has 1 heterocycles. The minimum Gasteiger partial charge on any atom is -0.454 e.